The number of hydrogen-bond donors (Lipinski definition) is 0. The summed E-state index contributed by atoms with van der Waals surface area (Å²) in [6, 6.07) is 30.3. The van der Waals surface area contributed by atoms with Crippen LogP contribution in [0.1, 0.15) is 0 Å². The first-order valence-corrected chi connectivity index (χ1v) is 9.91. The van der Waals surface area contributed by atoms with Gasteiger partial charge in [-0.3, -0.25) is 0 Å². The van der Waals surface area contributed by atoms with E-state index in [2.05, 4.69) is 18.5 Å². The Balaban J connectivity index is 0.000000310. The fourth-order valence-electron chi connectivity index (χ4n) is 1.41. The molecule has 3 rings (SSSR count). The summed E-state index contributed by atoms with van der Waals surface area (Å²) < 4.78 is 0. The summed E-state index contributed by atoms with van der Waals surface area (Å²) in [6.45, 7) is 0. The first-order valence-electron chi connectivity index (χ1n) is 6.75. The Hall–Kier alpha value is -0.137. The van der Waals surface area contributed by atoms with E-state index in [0.717, 1.165) is 0 Å². The van der Waals surface area contributed by atoms with Crippen LogP contribution in [-0.4, -0.2) is 0 Å². The first kappa shape index (κ1) is 22.9. The van der Waals surface area contributed by atoms with Crippen molar-refractivity contribution in [2.24, 2.45) is 0 Å². The van der Waals surface area contributed by atoms with Crippen molar-refractivity contribution in [3.63, 3.8) is 0 Å². The van der Waals surface area contributed by atoms with Crippen LogP contribution in [0.5, 0.6) is 0 Å². The van der Waals surface area contributed by atoms with Gasteiger partial charge >= 0.3 is 0 Å². The zero-order valence-corrected chi connectivity index (χ0v) is 18.2. The van der Waals surface area contributed by atoms with Gasteiger partial charge in [0.25, 0.3) is 0 Å². The van der Waals surface area contributed by atoms with E-state index in [-0.39, 0.29) is 19.5 Å². The van der Waals surface area contributed by atoms with Crippen LogP contribution in [0.4, 0.5) is 0 Å². The standard InChI is InChI=1S/C6H6ClP.2C6H7P.Rh/c7-8-6-4-2-1-3-5-6;2*7-6-4-2-1-3-5-6;/h1-5,8H;2*1-5H,7H2;. The van der Waals surface area contributed by atoms with E-state index in [1.807, 2.05) is 91.0 Å². The van der Waals surface area contributed by atoms with Crippen molar-refractivity contribution in [2.75, 3.05) is 0 Å². The van der Waals surface area contributed by atoms with E-state index in [1.54, 1.807) is 0 Å². The quantitative estimate of drug-likeness (QED) is 0.365. The molecule has 0 aromatic heterocycles. The number of rotatable bonds is 1. The predicted molar refractivity (Wildman–Crippen MR) is 112 cm³/mol. The molecule has 3 aromatic carbocycles. The molecule has 0 saturated carbocycles. The van der Waals surface area contributed by atoms with Crippen LogP contribution < -0.4 is 15.9 Å². The smallest absolute Gasteiger partial charge is 0.00659 e. The molecule has 0 aliphatic carbocycles. The zero-order valence-electron chi connectivity index (χ0n) is 12.5. The van der Waals surface area contributed by atoms with E-state index in [4.69, 9.17) is 11.2 Å². The summed E-state index contributed by atoms with van der Waals surface area (Å²) in [5, 5.41) is 3.68. The van der Waals surface area contributed by atoms with Gasteiger partial charge < -0.3 is 0 Å². The summed E-state index contributed by atoms with van der Waals surface area (Å²) in [6.07, 6.45) is 0. The third kappa shape index (κ3) is 12.9. The number of hydrogen-bond acceptors (Lipinski definition) is 0. The van der Waals surface area contributed by atoms with E-state index in [0.29, 0.717) is 7.93 Å². The average Bonchev–Trinajstić information content (AvgIpc) is 2.58. The molecule has 0 spiro atoms. The molecule has 5 heteroatoms. The van der Waals surface area contributed by atoms with Gasteiger partial charge in [-0.15, -0.1) is 18.5 Å². The van der Waals surface area contributed by atoms with Crippen LogP contribution in [0.2, 0.25) is 0 Å². The van der Waals surface area contributed by atoms with Crippen molar-refractivity contribution in [1.29, 1.82) is 0 Å². The van der Waals surface area contributed by atoms with Gasteiger partial charge in [-0.25, -0.2) is 0 Å². The molecule has 23 heavy (non-hydrogen) atoms. The second-order valence-corrected chi connectivity index (χ2v) is 6.95. The summed E-state index contributed by atoms with van der Waals surface area (Å²) in [5.74, 6) is 0. The van der Waals surface area contributed by atoms with Crippen LogP contribution in [-0.2, 0) is 19.5 Å². The van der Waals surface area contributed by atoms with Crippen molar-refractivity contribution in [3.05, 3.63) is 91.0 Å². The summed E-state index contributed by atoms with van der Waals surface area (Å²) in [5.41, 5.74) is 0. The van der Waals surface area contributed by atoms with Gasteiger partial charge in [-0.1, -0.05) is 102 Å². The normalized spacial score (nSPS) is 9.00. The second kappa shape index (κ2) is 15.4. The molecule has 3 aromatic rings. The SMILES string of the molecule is ClPc1ccccc1.Pc1ccccc1.Pc1ccccc1.[Rh]. The molecule has 0 aliphatic heterocycles. The first-order chi connectivity index (χ1) is 10.7. The predicted octanol–water partition coefficient (Wildman–Crippen LogP) is 4.52. The topological polar surface area (TPSA) is 0 Å². The molecule has 0 bridgehead atoms. The molecular weight excluding hydrogens is 447 g/mol. The van der Waals surface area contributed by atoms with Crippen molar-refractivity contribution >= 4 is 53.6 Å². The van der Waals surface area contributed by atoms with E-state index >= 15 is 0 Å². The molecule has 0 heterocycles. The molecule has 3 unspecified atom stereocenters. The van der Waals surface area contributed by atoms with E-state index in [9.17, 15) is 0 Å². The number of benzene rings is 3. The van der Waals surface area contributed by atoms with Crippen molar-refractivity contribution in [3.8, 4) is 0 Å². The second-order valence-electron chi connectivity index (χ2n) is 4.28. The molecule has 123 valence electrons. The Bertz CT molecular complexity index is 569. The van der Waals surface area contributed by atoms with Gasteiger partial charge in [0.05, 0.1) is 0 Å². The third-order valence-electron chi connectivity index (χ3n) is 2.48. The summed E-state index contributed by atoms with van der Waals surface area (Å²) >= 11 is 5.55. The fraction of sp³-hybridized carbons (Fsp3) is 0. The molecule has 0 nitrogen and oxygen atoms in total. The molecule has 3 atom stereocenters. The minimum Gasteiger partial charge on any atom is -0.106 e. The Kier molecular flexibility index (Phi) is 15.3. The third-order valence-corrected chi connectivity index (χ3v) is 4.46. The largest absolute Gasteiger partial charge is 0.106 e. The summed E-state index contributed by atoms with van der Waals surface area (Å²) in [7, 11) is 5.66. The van der Waals surface area contributed by atoms with E-state index < -0.39 is 0 Å². The molecule has 0 amide bonds. The molecule has 0 aliphatic rings. The van der Waals surface area contributed by atoms with Crippen LogP contribution in [0, 0.1) is 0 Å². The monoisotopic (exact) mass is 467 g/mol. The Morgan fingerprint density at radius 1 is 0.565 bits per heavy atom. The van der Waals surface area contributed by atoms with Crippen molar-refractivity contribution in [2.45, 2.75) is 0 Å². The Morgan fingerprint density at radius 3 is 1.04 bits per heavy atom. The molecule has 0 fully saturated rings. The Morgan fingerprint density at radius 2 is 0.870 bits per heavy atom. The maximum atomic E-state index is 5.55. The maximum Gasteiger partial charge on any atom is 0.00659 e. The van der Waals surface area contributed by atoms with Gasteiger partial charge in [0, 0.05) is 27.4 Å². The number of halogens is 1. The minimum absolute atomic E-state index is 0. The minimum atomic E-state index is 0. The van der Waals surface area contributed by atoms with Crippen LogP contribution >= 0.6 is 37.7 Å². The van der Waals surface area contributed by atoms with Gasteiger partial charge in [-0.05, 0) is 15.9 Å². The fourth-order valence-corrected chi connectivity index (χ4v) is 2.55. The zero-order chi connectivity index (χ0) is 16.0. The van der Waals surface area contributed by atoms with Gasteiger partial charge in [0.1, 0.15) is 0 Å². The van der Waals surface area contributed by atoms with Crippen LogP contribution in [0.3, 0.4) is 0 Å². The van der Waals surface area contributed by atoms with E-state index in [1.165, 1.54) is 15.9 Å². The van der Waals surface area contributed by atoms with Crippen LogP contribution in [0.25, 0.3) is 0 Å². The Labute approximate surface area is 163 Å². The van der Waals surface area contributed by atoms with Gasteiger partial charge in [-0.2, -0.15) is 0 Å². The maximum absolute atomic E-state index is 5.55. The van der Waals surface area contributed by atoms with Gasteiger partial charge in [0.2, 0.25) is 0 Å². The molecular formula is C18H20ClP3Rh. The molecule has 0 N–H and O–H groups in total. The molecule has 0 saturated heterocycles. The average molecular weight is 468 g/mol. The molecule has 1 radical (unpaired) electrons. The van der Waals surface area contributed by atoms with Gasteiger partial charge in [0.15, 0.2) is 0 Å². The van der Waals surface area contributed by atoms with Crippen molar-refractivity contribution in [1.82, 2.24) is 0 Å². The summed E-state index contributed by atoms with van der Waals surface area (Å²) in [4.78, 5) is 0. The van der Waals surface area contributed by atoms with Crippen molar-refractivity contribution < 1.29 is 19.5 Å². The van der Waals surface area contributed by atoms with Crippen LogP contribution in [0.15, 0.2) is 91.0 Å².